The molecule has 3 aromatic rings. The first-order valence-corrected chi connectivity index (χ1v) is 9.45. The number of hydrogen-bond acceptors (Lipinski definition) is 4. The molecule has 0 saturated carbocycles. The van der Waals surface area contributed by atoms with Gasteiger partial charge in [0.15, 0.2) is 0 Å². The quantitative estimate of drug-likeness (QED) is 0.652. The summed E-state index contributed by atoms with van der Waals surface area (Å²) in [6.07, 6.45) is 7.56. The van der Waals surface area contributed by atoms with E-state index in [1.807, 2.05) is 32.0 Å². The molecular formula is C22H23ClN4O. The van der Waals surface area contributed by atoms with Crippen LogP contribution in [-0.4, -0.2) is 34.4 Å². The van der Waals surface area contributed by atoms with Crippen LogP contribution in [0, 0.1) is 13.8 Å². The van der Waals surface area contributed by atoms with Crippen LogP contribution in [0.3, 0.4) is 0 Å². The van der Waals surface area contributed by atoms with Gasteiger partial charge in [-0.2, -0.15) is 0 Å². The molecule has 5 nitrogen and oxygen atoms in total. The number of carbonyl (C=O) groups is 1. The lowest BCUT2D eigenvalue weighted by atomic mass is 10.1. The maximum absolute atomic E-state index is 12.8. The highest BCUT2D eigenvalue weighted by atomic mass is 35.5. The second kappa shape index (κ2) is 8.85. The molecule has 0 aliphatic rings. The van der Waals surface area contributed by atoms with Crippen molar-refractivity contribution in [2.75, 3.05) is 18.9 Å². The Bertz CT molecular complexity index is 952. The standard InChI is InChI=1S/C22H23ClN4O/c1-15-10-16(2)21(20(23)11-15)26-19-12-18(13-25-14-19)22(28)27(3)9-6-17-4-7-24-8-5-17/h4-5,7-8,10-14,26H,6,9H2,1-3H3. The summed E-state index contributed by atoms with van der Waals surface area (Å²) >= 11 is 6.37. The molecule has 1 amide bonds. The number of benzene rings is 1. The first-order valence-electron chi connectivity index (χ1n) is 9.07. The molecule has 6 heteroatoms. The monoisotopic (exact) mass is 394 g/mol. The molecule has 0 saturated heterocycles. The number of hydrogen-bond donors (Lipinski definition) is 1. The Morgan fingerprint density at radius 1 is 1.11 bits per heavy atom. The summed E-state index contributed by atoms with van der Waals surface area (Å²) in [7, 11) is 1.80. The summed E-state index contributed by atoms with van der Waals surface area (Å²) in [4.78, 5) is 22.7. The van der Waals surface area contributed by atoms with Gasteiger partial charge in [0.2, 0.25) is 0 Å². The maximum atomic E-state index is 12.8. The molecule has 0 unspecified atom stereocenters. The minimum atomic E-state index is -0.0723. The van der Waals surface area contributed by atoms with E-state index in [-0.39, 0.29) is 5.91 Å². The number of nitrogens with one attached hydrogen (secondary N) is 1. The molecule has 1 aromatic carbocycles. The van der Waals surface area contributed by atoms with Crippen molar-refractivity contribution in [3.63, 3.8) is 0 Å². The van der Waals surface area contributed by atoms with Gasteiger partial charge in [0, 0.05) is 32.2 Å². The lowest BCUT2D eigenvalue weighted by Gasteiger charge is -2.18. The predicted octanol–water partition coefficient (Wildman–Crippen LogP) is 4.81. The Morgan fingerprint density at radius 2 is 1.86 bits per heavy atom. The first kappa shape index (κ1) is 19.8. The zero-order valence-electron chi connectivity index (χ0n) is 16.2. The number of nitrogens with zero attached hydrogens (tertiary/aromatic N) is 3. The number of likely N-dealkylation sites (N-methyl/N-ethyl adjacent to an activating group) is 1. The summed E-state index contributed by atoms with van der Waals surface area (Å²) < 4.78 is 0. The first-order chi connectivity index (χ1) is 13.4. The van der Waals surface area contributed by atoms with Crippen LogP contribution in [0.5, 0.6) is 0 Å². The molecule has 3 rings (SSSR count). The zero-order chi connectivity index (χ0) is 20.1. The van der Waals surface area contributed by atoms with E-state index < -0.39 is 0 Å². The van der Waals surface area contributed by atoms with Crippen LogP contribution in [0.1, 0.15) is 27.0 Å². The molecule has 2 aromatic heterocycles. The molecule has 2 heterocycles. The molecule has 0 atom stereocenters. The van der Waals surface area contributed by atoms with E-state index in [1.54, 1.807) is 42.8 Å². The number of rotatable bonds is 6. The third-order valence-electron chi connectivity index (χ3n) is 4.52. The molecule has 1 N–H and O–H groups in total. The van der Waals surface area contributed by atoms with Crippen molar-refractivity contribution in [2.24, 2.45) is 0 Å². The van der Waals surface area contributed by atoms with Gasteiger partial charge in [-0.05, 0) is 61.2 Å². The van der Waals surface area contributed by atoms with Gasteiger partial charge in [-0.25, -0.2) is 0 Å². The molecule has 28 heavy (non-hydrogen) atoms. The second-order valence-electron chi connectivity index (χ2n) is 6.86. The molecule has 0 aliphatic carbocycles. The van der Waals surface area contributed by atoms with E-state index in [4.69, 9.17) is 11.6 Å². The Balaban J connectivity index is 1.71. The molecule has 0 radical (unpaired) electrons. The Kier molecular flexibility index (Phi) is 6.26. The topological polar surface area (TPSA) is 58.1 Å². The van der Waals surface area contributed by atoms with Gasteiger partial charge in [0.05, 0.1) is 28.2 Å². The fourth-order valence-corrected chi connectivity index (χ4v) is 3.38. The van der Waals surface area contributed by atoms with Crippen molar-refractivity contribution in [1.29, 1.82) is 0 Å². The van der Waals surface area contributed by atoms with Crippen molar-refractivity contribution in [3.05, 3.63) is 82.4 Å². The number of halogens is 1. The third-order valence-corrected chi connectivity index (χ3v) is 4.82. The predicted molar refractivity (Wildman–Crippen MR) is 113 cm³/mol. The number of anilines is 2. The van der Waals surface area contributed by atoms with Crippen LogP contribution in [-0.2, 0) is 6.42 Å². The summed E-state index contributed by atoms with van der Waals surface area (Å²) in [5.74, 6) is -0.0723. The van der Waals surface area contributed by atoms with Crippen molar-refractivity contribution in [2.45, 2.75) is 20.3 Å². The molecule has 144 valence electrons. The molecule has 0 fully saturated rings. The smallest absolute Gasteiger partial charge is 0.255 e. The SMILES string of the molecule is Cc1cc(C)c(Nc2cncc(C(=O)N(C)CCc3ccncc3)c2)c(Cl)c1. The number of aromatic nitrogens is 2. The van der Waals surface area contributed by atoms with Crippen LogP contribution in [0.4, 0.5) is 11.4 Å². The minimum Gasteiger partial charge on any atom is -0.353 e. The summed E-state index contributed by atoms with van der Waals surface area (Å²) in [6.45, 7) is 4.62. The fraction of sp³-hybridized carbons (Fsp3) is 0.227. The van der Waals surface area contributed by atoms with E-state index in [0.717, 1.165) is 34.5 Å². The molecule has 0 spiro atoms. The van der Waals surface area contributed by atoms with Crippen LogP contribution >= 0.6 is 11.6 Å². The number of pyridine rings is 2. The van der Waals surface area contributed by atoms with Gasteiger partial charge in [-0.15, -0.1) is 0 Å². The highest BCUT2D eigenvalue weighted by Crippen LogP contribution is 2.30. The highest BCUT2D eigenvalue weighted by molar-refractivity contribution is 6.33. The van der Waals surface area contributed by atoms with Gasteiger partial charge >= 0.3 is 0 Å². The third kappa shape index (κ3) is 4.87. The van der Waals surface area contributed by atoms with Gasteiger partial charge in [-0.1, -0.05) is 17.7 Å². The van der Waals surface area contributed by atoms with Gasteiger partial charge in [0.25, 0.3) is 5.91 Å². The Labute approximate surface area is 170 Å². The fourth-order valence-electron chi connectivity index (χ4n) is 3.01. The molecular weight excluding hydrogens is 372 g/mol. The van der Waals surface area contributed by atoms with Gasteiger partial charge < -0.3 is 10.2 Å². The largest absolute Gasteiger partial charge is 0.353 e. The zero-order valence-corrected chi connectivity index (χ0v) is 17.0. The van der Waals surface area contributed by atoms with Gasteiger partial charge in [-0.3, -0.25) is 14.8 Å². The van der Waals surface area contributed by atoms with Crippen LogP contribution in [0.25, 0.3) is 0 Å². The van der Waals surface area contributed by atoms with Gasteiger partial charge in [0.1, 0.15) is 0 Å². The van der Waals surface area contributed by atoms with Crippen molar-refractivity contribution >= 4 is 28.9 Å². The lowest BCUT2D eigenvalue weighted by Crippen LogP contribution is -2.29. The van der Waals surface area contributed by atoms with E-state index in [1.165, 1.54) is 0 Å². The number of aryl methyl sites for hydroxylation is 2. The van der Waals surface area contributed by atoms with Crippen molar-refractivity contribution in [3.8, 4) is 0 Å². The van der Waals surface area contributed by atoms with Crippen LogP contribution in [0.15, 0.2) is 55.1 Å². The summed E-state index contributed by atoms with van der Waals surface area (Å²) in [5, 5.41) is 3.93. The van der Waals surface area contributed by atoms with E-state index in [9.17, 15) is 4.79 Å². The molecule has 0 bridgehead atoms. The normalized spacial score (nSPS) is 10.6. The highest BCUT2D eigenvalue weighted by Gasteiger charge is 2.14. The minimum absolute atomic E-state index is 0.0723. The molecule has 0 aliphatic heterocycles. The number of amides is 1. The number of carbonyl (C=O) groups excluding carboxylic acids is 1. The second-order valence-corrected chi connectivity index (χ2v) is 7.27. The van der Waals surface area contributed by atoms with E-state index in [2.05, 4.69) is 21.4 Å². The average Bonchev–Trinajstić information content (AvgIpc) is 2.69. The Morgan fingerprint density at radius 3 is 2.57 bits per heavy atom. The van der Waals surface area contributed by atoms with Crippen LogP contribution in [0.2, 0.25) is 5.02 Å². The Hall–Kier alpha value is -2.92. The van der Waals surface area contributed by atoms with Crippen LogP contribution < -0.4 is 5.32 Å². The van der Waals surface area contributed by atoms with E-state index in [0.29, 0.717) is 17.1 Å². The summed E-state index contributed by atoms with van der Waals surface area (Å²) in [6, 6.07) is 9.68. The van der Waals surface area contributed by atoms with E-state index >= 15 is 0 Å². The maximum Gasteiger partial charge on any atom is 0.255 e. The average molecular weight is 395 g/mol. The lowest BCUT2D eigenvalue weighted by molar-refractivity contribution is 0.0796. The van der Waals surface area contributed by atoms with Crippen molar-refractivity contribution < 1.29 is 4.79 Å². The summed E-state index contributed by atoms with van der Waals surface area (Å²) in [5.41, 5.74) is 5.37. The van der Waals surface area contributed by atoms with Crippen molar-refractivity contribution in [1.82, 2.24) is 14.9 Å².